The number of ether oxygens (including phenoxy) is 1. The van der Waals surface area contributed by atoms with Gasteiger partial charge in [-0.2, -0.15) is 0 Å². The number of amides is 1. The number of piperidine rings is 1. The maximum atomic E-state index is 12.4. The molecule has 0 saturated carbocycles. The van der Waals surface area contributed by atoms with Crippen molar-refractivity contribution >= 4 is 36.4 Å². The van der Waals surface area contributed by atoms with Crippen molar-refractivity contribution in [3.05, 3.63) is 24.3 Å². The predicted molar refractivity (Wildman–Crippen MR) is 116 cm³/mol. The van der Waals surface area contributed by atoms with Crippen LogP contribution in [-0.2, 0) is 4.79 Å². The molecular formula is C20H33Cl2N3O2. The largest absolute Gasteiger partial charge is 0.495 e. The Morgan fingerprint density at radius 3 is 2.67 bits per heavy atom. The van der Waals surface area contributed by atoms with Crippen LogP contribution in [0.15, 0.2) is 24.3 Å². The zero-order chi connectivity index (χ0) is 17.6. The van der Waals surface area contributed by atoms with Crippen LogP contribution in [0.3, 0.4) is 0 Å². The van der Waals surface area contributed by atoms with E-state index in [4.69, 9.17) is 4.74 Å². The second kappa shape index (κ2) is 11.6. The molecule has 2 saturated heterocycles. The van der Waals surface area contributed by atoms with Gasteiger partial charge in [-0.25, -0.2) is 0 Å². The van der Waals surface area contributed by atoms with Gasteiger partial charge < -0.3 is 20.3 Å². The number of benzene rings is 1. The molecule has 0 aliphatic carbocycles. The molecule has 2 N–H and O–H groups in total. The van der Waals surface area contributed by atoms with E-state index in [1.54, 1.807) is 7.11 Å². The first-order valence-corrected chi connectivity index (χ1v) is 9.55. The van der Waals surface area contributed by atoms with E-state index in [0.717, 1.165) is 44.0 Å². The van der Waals surface area contributed by atoms with E-state index in [0.29, 0.717) is 18.3 Å². The second-order valence-corrected chi connectivity index (χ2v) is 7.44. The summed E-state index contributed by atoms with van der Waals surface area (Å²) in [6.07, 6.45) is 4.03. The molecule has 0 spiro atoms. The van der Waals surface area contributed by atoms with Crippen molar-refractivity contribution in [2.45, 2.75) is 38.6 Å². The van der Waals surface area contributed by atoms with Crippen LogP contribution in [0.4, 0.5) is 5.69 Å². The van der Waals surface area contributed by atoms with Crippen LogP contribution < -0.4 is 20.3 Å². The lowest BCUT2D eigenvalue weighted by molar-refractivity contribution is -0.122. The molecule has 1 aromatic carbocycles. The monoisotopic (exact) mass is 417 g/mol. The number of para-hydroxylation sites is 2. The fourth-order valence-corrected chi connectivity index (χ4v) is 4.15. The number of rotatable bonds is 6. The standard InChI is InChI=1S/C20H31N3O2.2ClH/c1-15(16-7-10-21-11-8-16)13-20(24)22-17-9-12-23(14-17)18-5-3-4-6-19(18)25-2;;/h3-6,15-17,21H,7-14H2,1-2H3,(H,22,24);2*1H. The molecule has 3 rings (SSSR count). The third-order valence-corrected chi connectivity index (χ3v) is 5.68. The number of nitrogens with zero attached hydrogens (tertiary/aromatic N) is 1. The number of hydrogen-bond donors (Lipinski definition) is 2. The summed E-state index contributed by atoms with van der Waals surface area (Å²) in [6, 6.07) is 8.33. The molecule has 2 atom stereocenters. The first kappa shape index (κ1) is 23.9. The van der Waals surface area contributed by atoms with Crippen LogP contribution in [0, 0.1) is 11.8 Å². The number of halogens is 2. The zero-order valence-corrected chi connectivity index (χ0v) is 17.9. The number of nitrogens with one attached hydrogen (secondary N) is 2. The molecule has 5 nitrogen and oxygen atoms in total. The van der Waals surface area contributed by atoms with Crippen molar-refractivity contribution in [3.63, 3.8) is 0 Å². The van der Waals surface area contributed by atoms with E-state index in [1.165, 1.54) is 12.8 Å². The Morgan fingerprint density at radius 1 is 1.26 bits per heavy atom. The van der Waals surface area contributed by atoms with Crippen molar-refractivity contribution in [2.75, 3.05) is 38.2 Å². The van der Waals surface area contributed by atoms with Crippen molar-refractivity contribution in [3.8, 4) is 5.75 Å². The predicted octanol–water partition coefficient (Wildman–Crippen LogP) is 3.26. The first-order valence-electron chi connectivity index (χ1n) is 9.55. The van der Waals surface area contributed by atoms with Crippen molar-refractivity contribution in [1.82, 2.24) is 10.6 Å². The summed E-state index contributed by atoms with van der Waals surface area (Å²) < 4.78 is 5.46. The summed E-state index contributed by atoms with van der Waals surface area (Å²) in [5.41, 5.74) is 1.12. The Kier molecular flexibility index (Phi) is 10.3. The van der Waals surface area contributed by atoms with Crippen LogP contribution in [0.5, 0.6) is 5.75 Å². The fraction of sp³-hybridized carbons (Fsp3) is 0.650. The first-order chi connectivity index (χ1) is 12.2. The topological polar surface area (TPSA) is 53.6 Å². The average molecular weight is 418 g/mol. The number of carbonyl (C=O) groups excluding carboxylic acids is 1. The minimum atomic E-state index is 0. The van der Waals surface area contributed by atoms with Gasteiger partial charge in [0.05, 0.1) is 12.8 Å². The van der Waals surface area contributed by atoms with Gasteiger partial charge in [0.1, 0.15) is 5.75 Å². The Hall–Kier alpha value is -1.17. The lowest BCUT2D eigenvalue weighted by atomic mass is 9.84. The lowest BCUT2D eigenvalue weighted by Crippen LogP contribution is -2.39. The minimum Gasteiger partial charge on any atom is -0.495 e. The molecular weight excluding hydrogens is 385 g/mol. The van der Waals surface area contributed by atoms with Crippen LogP contribution in [0.2, 0.25) is 0 Å². The Balaban J connectivity index is 0.00000182. The summed E-state index contributed by atoms with van der Waals surface area (Å²) in [6.45, 7) is 6.22. The van der Waals surface area contributed by atoms with Gasteiger partial charge in [0.2, 0.25) is 5.91 Å². The molecule has 0 radical (unpaired) electrons. The van der Waals surface area contributed by atoms with Gasteiger partial charge in [0.25, 0.3) is 0 Å². The van der Waals surface area contributed by atoms with Gasteiger partial charge >= 0.3 is 0 Å². The van der Waals surface area contributed by atoms with Crippen molar-refractivity contribution in [2.24, 2.45) is 11.8 Å². The number of carbonyl (C=O) groups is 1. The quantitative estimate of drug-likeness (QED) is 0.745. The number of hydrogen-bond acceptors (Lipinski definition) is 4. The molecule has 1 aromatic rings. The van der Waals surface area contributed by atoms with E-state index in [-0.39, 0.29) is 36.8 Å². The SMILES string of the molecule is COc1ccccc1N1CCC(NC(=O)CC(C)C2CCNCC2)C1.Cl.Cl. The summed E-state index contributed by atoms with van der Waals surface area (Å²) in [5.74, 6) is 2.25. The van der Waals surface area contributed by atoms with E-state index in [1.807, 2.05) is 18.2 Å². The summed E-state index contributed by atoms with van der Waals surface area (Å²) >= 11 is 0. The maximum Gasteiger partial charge on any atom is 0.220 e. The average Bonchev–Trinajstić information content (AvgIpc) is 3.10. The summed E-state index contributed by atoms with van der Waals surface area (Å²) in [5, 5.41) is 6.64. The Morgan fingerprint density at radius 2 is 1.96 bits per heavy atom. The molecule has 154 valence electrons. The molecule has 2 fully saturated rings. The van der Waals surface area contributed by atoms with E-state index < -0.39 is 0 Å². The third kappa shape index (κ3) is 6.44. The highest BCUT2D eigenvalue weighted by Gasteiger charge is 2.27. The van der Waals surface area contributed by atoms with Gasteiger partial charge in [0.15, 0.2) is 0 Å². The normalized spacial score (nSPS) is 21.0. The number of methoxy groups -OCH3 is 1. The lowest BCUT2D eigenvalue weighted by Gasteiger charge is -2.28. The molecule has 2 aliphatic heterocycles. The van der Waals surface area contributed by atoms with E-state index in [9.17, 15) is 4.79 Å². The van der Waals surface area contributed by atoms with Crippen molar-refractivity contribution in [1.29, 1.82) is 0 Å². The van der Waals surface area contributed by atoms with E-state index in [2.05, 4.69) is 28.5 Å². The highest BCUT2D eigenvalue weighted by atomic mass is 35.5. The van der Waals surface area contributed by atoms with E-state index >= 15 is 0 Å². The van der Waals surface area contributed by atoms with Crippen LogP contribution in [0.1, 0.15) is 32.6 Å². The zero-order valence-electron chi connectivity index (χ0n) is 16.3. The fourth-order valence-electron chi connectivity index (χ4n) is 4.15. The van der Waals surface area contributed by atoms with Gasteiger partial charge in [-0.15, -0.1) is 24.8 Å². The van der Waals surface area contributed by atoms with Gasteiger partial charge in [-0.3, -0.25) is 4.79 Å². The third-order valence-electron chi connectivity index (χ3n) is 5.68. The Labute approximate surface area is 175 Å². The molecule has 27 heavy (non-hydrogen) atoms. The summed E-state index contributed by atoms with van der Waals surface area (Å²) in [4.78, 5) is 14.8. The smallest absolute Gasteiger partial charge is 0.220 e. The van der Waals surface area contributed by atoms with Crippen LogP contribution in [-0.4, -0.2) is 45.2 Å². The highest BCUT2D eigenvalue weighted by molar-refractivity contribution is 5.85. The van der Waals surface area contributed by atoms with Gasteiger partial charge in [0, 0.05) is 25.6 Å². The second-order valence-electron chi connectivity index (χ2n) is 7.44. The Bertz CT molecular complexity index is 582. The molecule has 0 aromatic heterocycles. The van der Waals surface area contributed by atoms with Crippen LogP contribution in [0.25, 0.3) is 0 Å². The molecule has 0 bridgehead atoms. The van der Waals surface area contributed by atoms with Crippen molar-refractivity contribution < 1.29 is 9.53 Å². The van der Waals surface area contributed by atoms with Gasteiger partial charge in [-0.05, 0) is 56.3 Å². The molecule has 2 unspecified atom stereocenters. The number of anilines is 1. The molecule has 2 heterocycles. The maximum absolute atomic E-state index is 12.4. The van der Waals surface area contributed by atoms with Gasteiger partial charge in [-0.1, -0.05) is 19.1 Å². The summed E-state index contributed by atoms with van der Waals surface area (Å²) in [7, 11) is 1.70. The molecule has 7 heteroatoms. The van der Waals surface area contributed by atoms with Crippen LogP contribution >= 0.6 is 24.8 Å². The molecule has 2 aliphatic rings. The molecule has 1 amide bonds. The highest BCUT2D eigenvalue weighted by Crippen LogP contribution is 2.30. The minimum absolute atomic E-state index is 0.